The lowest BCUT2D eigenvalue weighted by Gasteiger charge is -2.19. The first kappa shape index (κ1) is 21.7. The molecule has 0 aliphatic carbocycles. The van der Waals surface area contributed by atoms with Gasteiger partial charge >= 0.3 is 0 Å². The molecule has 1 aromatic heterocycles. The third-order valence-electron chi connectivity index (χ3n) is 5.53. The lowest BCUT2D eigenvalue weighted by atomic mass is 9.87. The Balaban J connectivity index is 1.50. The van der Waals surface area contributed by atoms with Crippen molar-refractivity contribution in [2.24, 2.45) is 0 Å². The largest absolute Gasteiger partial charge is 0.497 e. The maximum absolute atomic E-state index is 6.05. The lowest BCUT2D eigenvalue weighted by Crippen LogP contribution is -2.11. The maximum Gasteiger partial charge on any atom is 0.133 e. The van der Waals surface area contributed by atoms with E-state index in [1.54, 1.807) is 7.11 Å². The normalized spacial score (nSPS) is 11.9. The van der Waals surface area contributed by atoms with Crippen LogP contribution in [0.15, 0.2) is 72.8 Å². The van der Waals surface area contributed by atoms with Crippen LogP contribution in [0.1, 0.15) is 37.7 Å². The van der Waals surface area contributed by atoms with Gasteiger partial charge < -0.3 is 14.0 Å². The number of benzene rings is 3. The van der Waals surface area contributed by atoms with E-state index in [1.165, 1.54) is 5.56 Å². The quantitative estimate of drug-likeness (QED) is 0.334. The van der Waals surface area contributed by atoms with E-state index in [9.17, 15) is 0 Å². The average Bonchev–Trinajstić information content (AvgIpc) is 3.15. The molecule has 0 N–H and O–H groups in total. The van der Waals surface area contributed by atoms with Gasteiger partial charge in [0.1, 0.15) is 23.9 Å². The Kier molecular flexibility index (Phi) is 6.31. The first-order valence-corrected chi connectivity index (χ1v) is 10.9. The van der Waals surface area contributed by atoms with Gasteiger partial charge in [-0.2, -0.15) is 0 Å². The zero-order valence-electron chi connectivity index (χ0n) is 19.2. The molecule has 32 heavy (non-hydrogen) atoms. The van der Waals surface area contributed by atoms with Gasteiger partial charge in [0.15, 0.2) is 0 Å². The van der Waals surface area contributed by atoms with E-state index in [2.05, 4.69) is 67.8 Å². The number of ether oxygens (including phenoxy) is 2. The molecule has 1 heterocycles. The second-order valence-electron chi connectivity index (χ2n) is 8.84. The number of imidazole rings is 1. The predicted molar refractivity (Wildman–Crippen MR) is 132 cm³/mol. The molecule has 0 aliphatic heterocycles. The van der Waals surface area contributed by atoms with Crippen molar-refractivity contribution >= 4 is 23.2 Å². The van der Waals surface area contributed by atoms with Crippen molar-refractivity contribution in [2.45, 2.75) is 32.7 Å². The molecule has 0 unspecified atom stereocenters. The molecule has 0 saturated carbocycles. The molecule has 0 amide bonds. The van der Waals surface area contributed by atoms with Crippen LogP contribution in [0.4, 0.5) is 0 Å². The molecule has 3 aromatic carbocycles. The fourth-order valence-corrected chi connectivity index (χ4v) is 3.65. The lowest BCUT2D eigenvalue weighted by molar-refractivity contribution is 0.299. The Morgan fingerprint density at radius 3 is 2.22 bits per heavy atom. The number of aromatic nitrogens is 2. The topological polar surface area (TPSA) is 36.3 Å². The van der Waals surface area contributed by atoms with Crippen LogP contribution in [0.5, 0.6) is 11.5 Å². The minimum Gasteiger partial charge on any atom is -0.497 e. The summed E-state index contributed by atoms with van der Waals surface area (Å²) in [4.78, 5) is 4.82. The van der Waals surface area contributed by atoms with Gasteiger partial charge in [0.25, 0.3) is 0 Å². The number of rotatable bonds is 7. The molecule has 4 nitrogen and oxygen atoms in total. The number of nitrogens with zero attached hydrogens (tertiary/aromatic N) is 2. The standard InChI is InChI=1S/C28H30N2O2/c1-28(2,3)22-12-16-24(17-13-22)32-20-19-30-26-8-6-5-7-25(26)29-27(30)18-11-21-9-14-23(31-4)15-10-21/h5-18H,19-20H2,1-4H3/b18-11+. The monoisotopic (exact) mass is 426 g/mol. The summed E-state index contributed by atoms with van der Waals surface area (Å²) in [6.07, 6.45) is 4.13. The summed E-state index contributed by atoms with van der Waals surface area (Å²) < 4.78 is 13.5. The first-order chi connectivity index (χ1) is 15.4. The average molecular weight is 427 g/mol. The number of para-hydroxylation sites is 2. The van der Waals surface area contributed by atoms with Crippen molar-refractivity contribution < 1.29 is 9.47 Å². The van der Waals surface area contributed by atoms with Crippen LogP contribution in [0.3, 0.4) is 0 Å². The second kappa shape index (κ2) is 9.31. The molecule has 0 fully saturated rings. The summed E-state index contributed by atoms with van der Waals surface area (Å²) in [7, 11) is 1.67. The van der Waals surface area contributed by atoms with Crippen LogP contribution in [0, 0.1) is 0 Å². The Bertz CT molecular complexity index is 1200. The molecule has 0 radical (unpaired) electrons. The van der Waals surface area contributed by atoms with Gasteiger partial charge in [-0.05, 0) is 59.0 Å². The number of fused-ring (bicyclic) bond motifs is 1. The van der Waals surface area contributed by atoms with E-state index in [-0.39, 0.29) is 5.41 Å². The molecular weight excluding hydrogens is 396 g/mol. The fourth-order valence-electron chi connectivity index (χ4n) is 3.65. The van der Waals surface area contributed by atoms with Crippen LogP contribution in [0.25, 0.3) is 23.2 Å². The fraction of sp³-hybridized carbons (Fsp3) is 0.250. The number of methoxy groups -OCH3 is 1. The third-order valence-corrected chi connectivity index (χ3v) is 5.53. The minimum absolute atomic E-state index is 0.138. The molecule has 4 rings (SSSR count). The van der Waals surface area contributed by atoms with Gasteiger partial charge in [-0.1, -0.05) is 63.2 Å². The first-order valence-electron chi connectivity index (χ1n) is 10.9. The van der Waals surface area contributed by atoms with Crippen molar-refractivity contribution in [3.8, 4) is 11.5 Å². The predicted octanol–water partition coefficient (Wildman–Crippen LogP) is 6.59. The maximum atomic E-state index is 6.05. The highest BCUT2D eigenvalue weighted by Crippen LogP contribution is 2.24. The van der Waals surface area contributed by atoms with E-state index in [0.717, 1.165) is 33.9 Å². The van der Waals surface area contributed by atoms with Crippen molar-refractivity contribution in [1.29, 1.82) is 0 Å². The van der Waals surface area contributed by atoms with Gasteiger partial charge in [-0.15, -0.1) is 0 Å². The van der Waals surface area contributed by atoms with Crippen LogP contribution < -0.4 is 9.47 Å². The van der Waals surface area contributed by atoms with Crippen molar-refractivity contribution in [2.75, 3.05) is 13.7 Å². The summed E-state index contributed by atoms with van der Waals surface area (Å²) in [5.74, 6) is 2.65. The molecule has 0 bridgehead atoms. The van der Waals surface area contributed by atoms with Crippen LogP contribution in [-0.4, -0.2) is 23.3 Å². The Labute approximate surface area is 190 Å². The zero-order chi connectivity index (χ0) is 22.6. The van der Waals surface area contributed by atoms with Crippen LogP contribution in [0.2, 0.25) is 0 Å². The molecular formula is C28H30N2O2. The molecule has 0 saturated heterocycles. The summed E-state index contributed by atoms with van der Waals surface area (Å²) in [6.45, 7) is 7.93. The smallest absolute Gasteiger partial charge is 0.133 e. The van der Waals surface area contributed by atoms with Gasteiger partial charge in [-0.3, -0.25) is 0 Å². The van der Waals surface area contributed by atoms with Gasteiger partial charge in [-0.25, -0.2) is 4.98 Å². The Hall–Kier alpha value is -3.53. The Morgan fingerprint density at radius 2 is 1.53 bits per heavy atom. The minimum atomic E-state index is 0.138. The van der Waals surface area contributed by atoms with Gasteiger partial charge in [0.05, 0.1) is 24.7 Å². The molecule has 4 heteroatoms. The highest BCUT2D eigenvalue weighted by Gasteiger charge is 2.13. The van der Waals surface area contributed by atoms with Crippen LogP contribution in [-0.2, 0) is 12.0 Å². The van der Waals surface area contributed by atoms with Crippen molar-refractivity contribution in [3.63, 3.8) is 0 Å². The number of hydrogen-bond donors (Lipinski definition) is 0. The van der Waals surface area contributed by atoms with E-state index >= 15 is 0 Å². The van der Waals surface area contributed by atoms with Gasteiger partial charge in [0, 0.05) is 0 Å². The Morgan fingerprint density at radius 1 is 0.844 bits per heavy atom. The van der Waals surface area contributed by atoms with Crippen molar-refractivity contribution in [1.82, 2.24) is 9.55 Å². The summed E-state index contributed by atoms with van der Waals surface area (Å²) in [6, 6.07) is 24.6. The SMILES string of the molecule is COc1ccc(/C=C/c2nc3ccccc3n2CCOc2ccc(C(C)(C)C)cc2)cc1. The van der Waals surface area contributed by atoms with E-state index in [0.29, 0.717) is 13.2 Å². The summed E-state index contributed by atoms with van der Waals surface area (Å²) in [5.41, 5.74) is 4.63. The molecule has 164 valence electrons. The van der Waals surface area contributed by atoms with E-state index in [1.807, 2.05) is 42.5 Å². The number of hydrogen-bond acceptors (Lipinski definition) is 3. The molecule has 0 spiro atoms. The van der Waals surface area contributed by atoms with E-state index in [4.69, 9.17) is 14.5 Å². The molecule has 0 atom stereocenters. The van der Waals surface area contributed by atoms with Gasteiger partial charge in [0.2, 0.25) is 0 Å². The second-order valence-corrected chi connectivity index (χ2v) is 8.84. The van der Waals surface area contributed by atoms with E-state index < -0.39 is 0 Å². The third kappa shape index (κ3) is 5.02. The van der Waals surface area contributed by atoms with Crippen molar-refractivity contribution in [3.05, 3.63) is 89.7 Å². The highest BCUT2D eigenvalue weighted by molar-refractivity contribution is 5.79. The summed E-state index contributed by atoms with van der Waals surface area (Å²) in [5, 5.41) is 0. The summed E-state index contributed by atoms with van der Waals surface area (Å²) >= 11 is 0. The molecule has 4 aromatic rings. The highest BCUT2D eigenvalue weighted by atomic mass is 16.5. The molecule has 0 aliphatic rings. The van der Waals surface area contributed by atoms with Crippen LogP contribution >= 0.6 is 0 Å². The zero-order valence-corrected chi connectivity index (χ0v) is 19.2.